The normalized spacial score (nSPS) is 18.9. The highest BCUT2D eigenvalue weighted by atomic mass is 16.5. The van der Waals surface area contributed by atoms with E-state index in [4.69, 9.17) is 14.2 Å². The van der Waals surface area contributed by atoms with Gasteiger partial charge in [-0.1, -0.05) is 18.2 Å². The Morgan fingerprint density at radius 3 is 2.20 bits per heavy atom. The Morgan fingerprint density at radius 2 is 1.53 bits per heavy atom. The molecular formula is C24H25NO5. The number of anilines is 1. The molecule has 1 aliphatic heterocycles. The van der Waals surface area contributed by atoms with Gasteiger partial charge in [-0.05, 0) is 31.0 Å². The lowest BCUT2D eigenvalue weighted by molar-refractivity contribution is -0.119. The molecule has 0 radical (unpaired) electrons. The topological polar surface area (TPSA) is 65.1 Å². The van der Waals surface area contributed by atoms with E-state index in [2.05, 4.69) is 0 Å². The first-order valence-corrected chi connectivity index (χ1v) is 10.0. The van der Waals surface area contributed by atoms with Crippen LogP contribution in [-0.2, 0) is 9.59 Å². The van der Waals surface area contributed by atoms with Gasteiger partial charge in [0.15, 0.2) is 17.3 Å². The lowest BCUT2D eigenvalue weighted by Crippen LogP contribution is -2.40. The largest absolute Gasteiger partial charge is 0.496 e. The van der Waals surface area contributed by atoms with Crippen molar-refractivity contribution < 1.29 is 23.8 Å². The summed E-state index contributed by atoms with van der Waals surface area (Å²) in [7, 11) is 4.70. The van der Waals surface area contributed by atoms with Gasteiger partial charge in [-0.25, -0.2) is 0 Å². The highest BCUT2D eigenvalue weighted by Gasteiger charge is 2.41. The van der Waals surface area contributed by atoms with Crippen molar-refractivity contribution in [2.45, 2.75) is 31.6 Å². The van der Waals surface area contributed by atoms with Crippen LogP contribution >= 0.6 is 0 Å². The summed E-state index contributed by atoms with van der Waals surface area (Å²) in [5.74, 6) is 1.33. The third kappa shape index (κ3) is 3.32. The SMILES string of the molecule is COc1cc(OC)c([C@@H]2CC(=O)N(c3ccccc3)C3=C2C(=O)CCC3)cc1OC. The maximum absolute atomic E-state index is 13.3. The summed E-state index contributed by atoms with van der Waals surface area (Å²) in [6, 6.07) is 13.1. The molecule has 0 aromatic heterocycles. The van der Waals surface area contributed by atoms with Gasteiger partial charge >= 0.3 is 0 Å². The number of methoxy groups -OCH3 is 3. The highest BCUT2D eigenvalue weighted by Crippen LogP contribution is 2.47. The molecule has 0 saturated heterocycles. The highest BCUT2D eigenvalue weighted by molar-refractivity contribution is 6.07. The second-order valence-electron chi connectivity index (χ2n) is 7.41. The van der Waals surface area contributed by atoms with Crippen LogP contribution in [0, 0.1) is 0 Å². The van der Waals surface area contributed by atoms with E-state index in [-0.39, 0.29) is 24.0 Å². The van der Waals surface area contributed by atoms with Crippen LogP contribution in [0.1, 0.15) is 37.2 Å². The first-order valence-electron chi connectivity index (χ1n) is 10.0. The molecular weight excluding hydrogens is 382 g/mol. The van der Waals surface area contributed by atoms with Gasteiger partial charge in [-0.15, -0.1) is 0 Å². The van der Waals surface area contributed by atoms with Crippen molar-refractivity contribution in [2.24, 2.45) is 0 Å². The molecule has 0 N–H and O–H groups in total. The number of carbonyl (C=O) groups excluding carboxylic acids is 2. The first kappa shape index (κ1) is 20.0. The molecule has 0 saturated carbocycles. The Morgan fingerprint density at radius 1 is 0.867 bits per heavy atom. The smallest absolute Gasteiger partial charge is 0.232 e. The van der Waals surface area contributed by atoms with Crippen LogP contribution < -0.4 is 19.1 Å². The molecule has 6 heteroatoms. The molecule has 0 bridgehead atoms. The maximum atomic E-state index is 13.3. The number of Topliss-reactive ketones (excluding diaryl/α,β-unsaturated/α-hetero) is 1. The molecule has 2 aromatic rings. The quantitative estimate of drug-likeness (QED) is 0.742. The molecule has 6 nitrogen and oxygen atoms in total. The third-order valence-corrected chi connectivity index (χ3v) is 5.80. The van der Waals surface area contributed by atoms with Crippen LogP contribution in [0.3, 0.4) is 0 Å². The molecule has 0 unspecified atom stereocenters. The Bertz CT molecular complexity index is 1010. The fraction of sp³-hybridized carbons (Fsp3) is 0.333. The Labute approximate surface area is 176 Å². The molecule has 1 heterocycles. The van der Waals surface area contributed by atoms with Crippen molar-refractivity contribution in [3.05, 3.63) is 59.3 Å². The summed E-state index contributed by atoms with van der Waals surface area (Å²) in [4.78, 5) is 28.1. The minimum Gasteiger partial charge on any atom is -0.496 e. The van der Waals surface area contributed by atoms with E-state index < -0.39 is 0 Å². The average Bonchev–Trinajstić information content (AvgIpc) is 2.78. The van der Waals surface area contributed by atoms with E-state index in [1.165, 1.54) is 0 Å². The molecule has 1 amide bonds. The zero-order chi connectivity index (χ0) is 21.3. The van der Waals surface area contributed by atoms with Crippen molar-refractivity contribution in [3.63, 3.8) is 0 Å². The number of ketones is 1. The zero-order valence-corrected chi connectivity index (χ0v) is 17.4. The summed E-state index contributed by atoms with van der Waals surface area (Å²) in [5.41, 5.74) is 3.06. The number of hydrogen-bond acceptors (Lipinski definition) is 5. The maximum Gasteiger partial charge on any atom is 0.232 e. The Kier molecular flexibility index (Phi) is 5.48. The number of carbonyl (C=O) groups is 2. The number of allylic oxidation sites excluding steroid dienone is 2. The number of para-hydroxylation sites is 1. The van der Waals surface area contributed by atoms with Crippen molar-refractivity contribution in [2.75, 3.05) is 26.2 Å². The van der Waals surface area contributed by atoms with E-state index in [1.54, 1.807) is 32.3 Å². The van der Waals surface area contributed by atoms with Crippen LogP contribution in [0.2, 0.25) is 0 Å². The van der Waals surface area contributed by atoms with E-state index in [1.807, 2.05) is 36.4 Å². The number of rotatable bonds is 5. The summed E-state index contributed by atoms with van der Waals surface area (Å²) < 4.78 is 16.5. The van der Waals surface area contributed by atoms with E-state index in [0.29, 0.717) is 35.7 Å². The summed E-state index contributed by atoms with van der Waals surface area (Å²) in [6.07, 6.45) is 2.10. The number of nitrogens with zero attached hydrogens (tertiary/aromatic N) is 1. The zero-order valence-electron chi connectivity index (χ0n) is 17.4. The lowest BCUT2D eigenvalue weighted by atomic mass is 9.76. The van der Waals surface area contributed by atoms with E-state index in [0.717, 1.165) is 23.4 Å². The molecule has 30 heavy (non-hydrogen) atoms. The monoisotopic (exact) mass is 407 g/mol. The minimum absolute atomic E-state index is 0.0310. The predicted molar refractivity (Wildman–Crippen MR) is 113 cm³/mol. The predicted octanol–water partition coefficient (Wildman–Crippen LogP) is 4.24. The van der Waals surface area contributed by atoms with Crippen molar-refractivity contribution in [3.8, 4) is 17.2 Å². The van der Waals surface area contributed by atoms with Gasteiger partial charge in [-0.2, -0.15) is 0 Å². The van der Waals surface area contributed by atoms with E-state index in [9.17, 15) is 9.59 Å². The minimum atomic E-state index is -0.380. The van der Waals surface area contributed by atoms with Gasteiger partial charge in [0, 0.05) is 47.3 Å². The van der Waals surface area contributed by atoms with Gasteiger partial charge in [0.1, 0.15) is 5.75 Å². The van der Waals surface area contributed by atoms with Gasteiger partial charge in [0.25, 0.3) is 0 Å². The summed E-state index contributed by atoms with van der Waals surface area (Å²) in [6.45, 7) is 0. The number of hydrogen-bond donors (Lipinski definition) is 0. The van der Waals surface area contributed by atoms with Gasteiger partial charge < -0.3 is 14.2 Å². The number of benzene rings is 2. The molecule has 156 valence electrons. The summed E-state index contributed by atoms with van der Waals surface area (Å²) in [5, 5.41) is 0. The Hall–Kier alpha value is -3.28. The van der Waals surface area contributed by atoms with Crippen LogP contribution in [0.5, 0.6) is 17.2 Å². The van der Waals surface area contributed by atoms with Crippen molar-refractivity contribution >= 4 is 17.4 Å². The van der Waals surface area contributed by atoms with Crippen LogP contribution in [0.25, 0.3) is 0 Å². The number of ether oxygens (including phenoxy) is 3. The molecule has 2 aromatic carbocycles. The third-order valence-electron chi connectivity index (χ3n) is 5.80. The van der Waals surface area contributed by atoms with Gasteiger partial charge in [0.05, 0.1) is 21.3 Å². The molecule has 1 aliphatic carbocycles. The second kappa shape index (κ2) is 8.22. The van der Waals surface area contributed by atoms with Crippen molar-refractivity contribution in [1.82, 2.24) is 0 Å². The lowest BCUT2D eigenvalue weighted by Gasteiger charge is -2.38. The second-order valence-corrected chi connectivity index (χ2v) is 7.41. The van der Waals surface area contributed by atoms with Gasteiger partial charge in [0.2, 0.25) is 5.91 Å². The number of amides is 1. The molecule has 1 atom stereocenters. The van der Waals surface area contributed by atoms with Crippen molar-refractivity contribution in [1.29, 1.82) is 0 Å². The fourth-order valence-electron chi connectivity index (χ4n) is 4.46. The van der Waals surface area contributed by atoms with Crippen LogP contribution in [-0.4, -0.2) is 33.0 Å². The molecule has 0 spiro atoms. The van der Waals surface area contributed by atoms with Crippen LogP contribution in [0.15, 0.2) is 53.7 Å². The molecule has 2 aliphatic rings. The van der Waals surface area contributed by atoms with Crippen LogP contribution in [0.4, 0.5) is 5.69 Å². The molecule has 4 rings (SSSR count). The fourth-order valence-corrected chi connectivity index (χ4v) is 4.46. The first-order chi connectivity index (χ1) is 14.6. The standard InChI is InChI=1S/C24H25NO5/c1-28-20-14-22(30-3)21(29-2)12-16(20)17-13-23(27)25(15-8-5-4-6-9-15)18-10-7-11-19(26)24(17)18/h4-6,8-9,12,14,17H,7,10-11,13H2,1-3H3/t17-/m0/s1. The average molecular weight is 407 g/mol. The van der Waals surface area contributed by atoms with Gasteiger partial charge in [-0.3, -0.25) is 14.5 Å². The Balaban J connectivity index is 1.90. The molecule has 0 fully saturated rings. The van der Waals surface area contributed by atoms with E-state index >= 15 is 0 Å². The summed E-state index contributed by atoms with van der Waals surface area (Å²) >= 11 is 0.